The van der Waals surface area contributed by atoms with Crippen molar-refractivity contribution in [3.05, 3.63) is 47.0 Å². The molecule has 0 bridgehead atoms. The molecule has 1 unspecified atom stereocenters. The van der Waals surface area contributed by atoms with Gasteiger partial charge in [-0.05, 0) is 80.9 Å². The number of nitrogens with one attached hydrogen (secondary N) is 1. The summed E-state index contributed by atoms with van der Waals surface area (Å²) in [6.45, 7) is 5.25. The second-order valence-corrected chi connectivity index (χ2v) is 10.0. The average Bonchev–Trinajstić information content (AvgIpc) is 2.94. The van der Waals surface area contributed by atoms with Gasteiger partial charge < -0.3 is 29.2 Å². The van der Waals surface area contributed by atoms with Crippen LogP contribution in [0.2, 0.25) is 0 Å². The predicted octanol–water partition coefficient (Wildman–Crippen LogP) is 5.21. The van der Waals surface area contributed by atoms with Crippen LogP contribution in [0.3, 0.4) is 0 Å². The van der Waals surface area contributed by atoms with Crippen molar-refractivity contribution in [2.24, 2.45) is 0 Å². The van der Waals surface area contributed by atoms with Crippen molar-refractivity contribution in [1.29, 1.82) is 0 Å². The van der Waals surface area contributed by atoms with Gasteiger partial charge in [-0.25, -0.2) is 0 Å². The Morgan fingerprint density at radius 3 is 2.34 bits per heavy atom. The highest BCUT2D eigenvalue weighted by atomic mass is 16.5. The van der Waals surface area contributed by atoms with E-state index in [1.165, 1.54) is 30.4 Å². The summed E-state index contributed by atoms with van der Waals surface area (Å²) >= 11 is 0. The summed E-state index contributed by atoms with van der Waals surface area (Å²) in [7, 11) is 6.65. The third-order valence-electron chi connectivity index (χ3n) is 7.46. The van der Waals surface area contributed by atoms with Crippen molar-refractivity contribution in [1.82, 2.24) is 10.2 Å². The predicted molar refractivity (Wildman–Crippen MR) is 152 cm³/mol. The Bertz CT molecular complexity index is 1030. The lowest BCUT2D eigenvalue weighted by Crippen LogP contribution is -2.40. The maximum Gasteiger partial charge on any atom is 0.224 e. The van der Waals surface area contributed by atoms with Gasteiger partial charge in [0.2, 0.25) is 5.91 Å². The first-order valence-corrected chi connectivity index (χ1v) is 14.0. The molecule has 1 aliphatic carbocycles. The fourth-order valence-electron chi connectivity index (χ4n) is 5.50. The molecule has 38 heavy (non-hydrogen) atoms. The molecule has 0 aliphatic heterocycles. The van der Waals surface area contributed by atoms with Crippen LogP contribution in [0.5, 0.6) is 23.0 Å². The van der Waals surface area contributed by atoms with E-state index in [1.807, 2.05) is 24.3 Å². The third kappa shape index (κ3) is 8.03. The van der Waals surface area contributed by atoms with Crippen molar-refractivity contribution >= 4 is 5.91 Å². The van der Waals surface area contributed by atoms with Crippen LogP contribution in [0.1, 0.15) is 62.1 Å². The molecule has 0 saturated heterocycles. The zero-order valence-corrected chi connectivity index (χ0v) is 23.9. The van der Waals surface area contributed by atoms with Gasteiger partial charge in [-0.3, -0.25) is 4.79 Å². The molecular formula is C31H46N2O5. The summed E-state index contributed by atoms with van der Waals surface area (Å²) in [5.74, 6) is 3.09. The fourth-order valence-corrected chi connectivity index (χ4v) is 5.50. The first-order chi connectivity index (χ1) is 18.5. The van der Waals surface area contributed by atoms with Gasteiger partial charge >= 0.3 is 0 Å². The van der Waals surface area contributed by atoms with Crippen LogP contribution >= 0.6 is 0 Å². The van der Waals surface area contributed by atoms with E-state index in [9.17, 15) is 4.79 Å². The number of carbonyl (C=O) groups is 1. The SMILES string of the molecule is CCCN(CCCCCCNC(=O)Cc1ccc(OC)c(OC)c1)C1CCc2c(ccc(OC)c2OC)C1. The molecule has 7 heteroatoms. The monoisotopic (exact) mass is 526 g/mol. The van der Waals surface area contributed by atoms with E-state index in [0.717, 1.165) is 68.8 Å². The minimum absolute atomic E-state index is 0.0400. The van der Waals surface area contributed by atoms with Crippen LogP contribution in [0.15, 0.2) is 30.3 Å². The van der Waals surface area contributed by atoms with Gasteiger partial charge in [0.25, 0.3) is 0 Å². The molecule has 2 aromatic rings. The van der Waals surface area contributed by atoms with Gasteiger partial charge in [-0.2, -0.15) is 0 Å². The van der Waals surface area contributed by atoms with Crippen molar-refractivity contribution in [3.8, 4) is 23.0 Å². The Kier molecular flexibility index (Phi) is 12.1. The number of hydrogen-bond acceptors (Lipinski definition) is 6. The number of benzene rings is 2. The van der Waals surface area contributed by atoms with Crippen LogP contribution in [-0.4, -0.2) is 64.9 Å². The number of ether oxygens (including phenoxy) is 4. The third-order valence-corrected chi connectivity index (χ3v) is 7.46. The number of methoxy groups -OCH3 is 4. The lowest BCUT2D eigenvalue weighted by Gasteiger charge is -2.36. The number of rotatable bonds is 16. The summed E-state index contributed by atoms with van der Waals surface area (Å²) in [6.07, 6.45) is 9.27. The quantitative estimate of drug-likeness (QED) is 0.303. The molecule has 0 heterocycles. The normalized spacial score (nSPS) is 14.6. The van der Waals surface area contributed by atoms with E-state index in [0.29, 0.717) is 24.0 Å². The Balaban J connectivity index is 1.37. The lowest BCUT2D eigenvalue weighted by atomic mass is 9.86. The molecule has 2 aromatic carbocycles. The van der Waals surface area contributed by atoms with Crippen LogP contribution in [-0.2, 0) is 24.1 Å². The van der Waals surface area contributed by atoms with Crippen LogP contribution in [0.25, 0.3) is 0 Å². The zero-order chi connectivity index (χ0) is 27.3. The summed E-state index contributed by atoms with van der Waals surface area (Å²) in [5.41, 5.74) is 3.62. The van der Waals surface area contributed by atoms with Gasteiger partial charge in [-0.1, -0.05) is 31.9 Å². The summed E-state index contributed by atoms with van der Waals surface area (Å²) in [4.78, 5) is 15.0. The van der Waals surface area contributed by atoms with Gasteiger partial charge in [0.1, 0.15) is 0 Å². The standard InChI is InChI=1S/C31H46N2O5/c1-6-18-33(25-13-14-26-24(22-25)12-16-28(36-3)31(26)38-5)19-10-8-7-9-17-32-30(34)21-23-11-15-27(35-2)29(20-23)37-4/h11-12,15-16,20,25H,6-10,13-14,17-19,21-22H2,1-5H3,(H,32,34). The van der Waals surface area contributed by atoms with Crippen LogP contribution in [0.4, 0.5) is 0 Å². The second kappa shape index (κ2) is 15.5. The molecule has 7 nitrogen and oxygen atoms in total. The molecule has 0 aromatic heterocycles. The Labute approximate surface area is 228 Å². The summed E-state index contributed by atoms with van der Waals surface area (Å²) < 4.78 is 21.8. The maximum atomic E-state index is 12.4. The largest absolute Gasteiger partial charge is 0.493 e. The molecule has 1 N–H and O–H groups in total. The molecular weight excluding hydrogens is 480 g/mol. The van der Waals surface area contributed by atoms with E-state index in [2.05, 4.69) is 23.2 Å². The van der Waals surface area contributed by atoms with E-state index in [1.54, 1.807) is 28.4 Å². The molecule has 0 radical (unpaired) electrons. The highest BCUT2D eigenvalue weighted by molar-refractivity contribution is 5.78. The number of nitrogens with zero attached hydrogens (tertiary/aromatic N) is 1. The molecule has 3 rings (SSSR count). The average molecular weight is 527 g/mol. The van der Waals surface area contributed by atoms with Gasteiger partial charge in [-0.15, -0.1) is 0 Å². The first-order valence-electron chi connectivity index (χ1n) is 14.0. The number of unbranched alkanes of at least 4 members (excludes halogenated alkanes) is 3. The van der Waals surface area contributed by atoms with Crippen LogP contribution in [0, 0.1) is 0 Å². The van der Waals surface area contributed by atoms with Gasteiger partial charge in [0.15, 0.2) is 23.0 Å². The highest BCUT2D eigenvalue weighted by Gasteiger charge is 2.27. The molecule has 0 fully saturated rings. The smallest absolute Gasteiger partial charge is 0.224 e. The van der Waals surface area contributed by atoms with E-state index in [-0.39, 0.29) is 5.91 Å². The van der Waals surface area contributed by atoms with Crippen molar-refractivity contribution in [3.63, 3.8) is 0 Å². The lowest BCUT2D eigenvalue weighted by molar-refractivity contribution is -0.120. The molecule has 0 spiro atoms. The van der Waals surface area contributed by atoms with Gasteiger partial charge in [0.05, 0.1) is 34.9 Å². The minimum Gasteiger partial charge on any atom is -0.493 e. The number of amides is 1. The van der Waals surface area contributed by atoms with E-state index in [4.69, 9.17) is 18.9 Å². The Morgan fingerprint density at radius 1 is 0.895 bits per heavy atom. The zero-order valence-electron chi connectivity index (χ0n) is 23.9. The van der Waals surface area contributed by atoms with Crippen molar-refractivity contribution in [2.45, 2.75) is 70.8 Å². The maximum absolute atomic E-state index is 12.4. The fraction of sp³-hybridized carbons (Fsp3) is 0.581. The van der Waals surface area contributed by atoms with E-state index < -0.39 is 0 Å². The van der Waals surface area contributed by atoms with E-state index >= 15 is 0 Å². The van der Waals surface area contributed by atoms with Crippen LogP contribution < -0.4 is 24.3 Å². The minimum atomic E-state index is 0.0400. The van der Waals surface area contributed by atoms with Crippen molar-refractivity contribution in [2.75, 3.05) is 48.1 Å². The number of hydrogen-bond donors (Lipinski definition) is 1. The summed E-state index contributed by atoms with van der Waals surface area (Å²) in [6, 6.07) is 10.4. The number of fused-ring (bicyclic) bond motifs is 1. The number of carbonyl (C=O) groups excluding carboxylic acids is 1. The molecule has 210 valence electrons. The second-order valence-electron chi connectivity index (χ2n) is 10.0. The highest BCUT2D eigenvalue weighted by Crippen LogP contribution is 2.38. The Hall–Kier alpha value is -2.93. The molecule has 0 saturated carbocycles. The molecule has 1 amide bonds. The Morgan fingerprint density at radius 2 is 1.63 bits per heavy atom. The molecule has 1 aliphatic rings. The summed E-state index contributed by atoms with van der Waals surface area (Å²) in [5, 5.41) is 3.06. The first kappa shape index (κ1) is 29.6. The molecule has 1 atom stereocenters. The van der Waals surface area contributed by atoms with Crippen molar-refractivity contribution < 1.29 is 23.7 Å². The van der Waals surface area contributed by atoms with Gasteiger partial charge in [0, 0.05) is 18.2 Å². The topological polar surface area (TPSA) is 69.3 Å².